The molecule has 0 aliphatic carbocycles. The smallest absolute Gasteiger partial charge is 0.241 e. The Hall–Kier alpha value is -3.00. The molecule has 2 aliphatic heterocycles. The molecule has 0 saturated carbocycles. The number of hydrogen-bond acceptors (Lipinski definition) is 6. The Balaban J connectivity index is 1.47. The topological polar surface area (TPSA) is 70.8 Å². The largest absolute Gasteiger partial charge is 0.383 e. The van der Waals surface area contributed by atoms with Crippen molar-refractivity contribution in [3.05, 3.63) is 82.7 Å². The fourth-order valence-corrected chi connectivity index (χ4v) is 5.59. The number of benzene rings is 2. The van der Waals surface area contributed by atoms with E-state index in [9.17, 15) is 4.79 Å². The number of piperazine rings is 1. The zero-order chi connectivity index (χ0) is 25.3. The van der Waals surface area contributed by atoms with E-state index in [0.29, 0.717) is 25.7 Å². The van der Waals surface area contributed by atoms with Crippen LogP contribution in [0, 0.1) is 6.92 Å². The summed E-state index contributed by atoms with van der Waals surface area (Å²) in [4.78, 5) is 18.1. The summed E-state index contributed by atoms with van der Waals surface area (Å²) in [6.45, 7) is 9.35. The standard InChI is InChI=1S/C29H36N4O3/c1-20-12-27(36-31-20)29(3)19-33(28(34)17-32-16-21(2)30-15-24(32)18-35-4)26-14-23(10-11-25(26)29)13-22-8-6-5-7-9-22/h5-12,14,21,24,30H,13,15-19H2,1-4H3/t21-,24?,29-/m1/s1. The molecule has 3 aromatic rings. The summed E-state index contributed by atoms with van der Waals surface area (Å²) in [6.07, 6.45) is 0.819. The number of amides is 1. The highest BCUT2D eigenvalue weighted by molar-refractivity contribution is 5.98. The quantitative estimate of drug-likeness (QED) is 0.549. The highest BCUT2D eigenvalue weighted by Crippen LogP contribution is 2.46. The van der Waals surface area contributed by atoms with Crippen molar-refractivity contribution >= 4 is 11.6 Å². The van der Waals surface area contributed by atoms with E-state index in [1.165, 1.54) is 11.1 Å². The predicted molar refractivity (Wildman–Crippen MR) is 140 cm³/mol. The number of nitrogens with one attached hydrogen (secondary N) is 1. The lowest BCUT2D eigenvalue weighted by molar-refractivity contribution is -0.121. The minimum atomic E-state index is -0.458. The van der Waals surface area contributed by atoms with E-state index < -0.39 is 5.41 Å². The highest BCUT2D eigenvalue weighted by Gasteiger charge is 2.45. The second-order valence-electron chi connectivity index (χ2n) is 10.5. The van der Waals surface area contributed by atoms with E-state index in [1.807, 2.05) is 24.0 Å². The number of aryl methyl sites for hydroxylation is 1. The highest BCUT2D eigenvalue weighted by atomic mass is 16.5. The lowest BCUT2D eigenvalue weighted by Crippen LogP contribution is -2.59. The fraction of sp³-hybridized carbons (Fsp3) is 0.448. The molecular weight excluding hydrogens is 452 g/mol. The third kappa shape index (κ3) is 4.83. The molecular formula is C29H36N4O3. The van der Waals surface area contributed by atoms with Gasteiger partial charge in [-0.25, -0.2) is 0 Å². The average Bonchev–Trinajstić information content (AvgIpc) is 3.44. The van der Waals surface area contributed by atoms with Gasteiger partial charge in [0.15, 0.2) is 0 Å². The minimum Gasteiger partial charge on any atom is -0.383 e. The van der Waals surface area contributed by atoms with Crippen LogP contribution in [0.25, 0.3) is 0 Å². The number of rotatable bonds is 7. The van der Waals surface area contributed by atoms with Crippen LogP contribution >= 0.6 is 0 Å². The molecule has 1 unspecified atom stereocenters. The van der Waals surface area contributed by atoms with Crippen LogP contribution in [0.1, 0.15) is 42.0 Å². The van der Waals surface area contributed by atoms with Gasteiger partial charge in [0.25, 0.3) is 0 Å². The molecule has 7 nitrogen and oxygen atoms in total. The molecule has 5 rings (SSSR count). The third-order valence-electron chi connectivity index (χ3n) is 7.57. The first-order valence-corrected chi connectivity index (χ1v) is 12.8. The van der Waals surface area contributed by atoms with Crippen molar-refractivity contribution in [1.29, 1.82) is 0 Å². The van der Waals surface area contributed by atoms with E-state index in [1.54, 1.807) is 7.11 Å². The first-order valence-electron chi connectivity index (χ1n) is 12.8. The second-order valence-corrected chi connectivity index (χ2v) is 10.5. The number of fused-ring (bicyclic) bond motifs is 1. The molecule has 1 saturated heterocycles. The Bertz CT molecular complexity index is 1210. The van der Waals surface area contributed by atoms with Crippen LogP contribution in [-0.4, -0.2) is 67.9 Å². The summed E-state index contributed by atoms with van der Waals surface area (Å²) in [5.74, 6) is 0.892. The molecule has 2 aromatic carbocycles. The maximum atomic E-state index is 13.9. The number of nitrogens with zero attached hydrogens (tertiary/aromatic N) is 3. The molecule has 36 heavy (non-hydrogen) atoms. The van der Waals surface area contributed by atoms with Crippen molar-refractivity contribution in [2.75, 3.05) is 44.8 Å². The van der Waals surface area contributed by atoms with E-state index >= 15 is 0 Å². The molecule has 1 amide bonds. The maximum Gasteiger partial charge on any atom is 0.241 e. The Labute approximate surface area is 213 Å². The van der Waals surface area contributed by atoms with Crippen molar-refractivity contribution in [3.8, 4) is 0 Å². The molecule has 1 fully saturated rings. The van der Waals surface area contributed by atoms with Crippen LogP contribution in [0.3, 0.4) is 0 Å². The molecule has 190 valence electrons. The molecule has 3 atom stereocenters. The number of methoxy groups -OCH3 is 1. The van der Waals surface area contributed by atoms with E-state index in [-0.39, 0.29) is 11.9 Å². The van der Waals surface area contributed by atoms with E-state index in [0.717, 1.165) is 42.2 Å². The summed E-state index contributed by atoms with van der Waals surface area (Å²) in [5.41, 5.74) is 4.89. The predicted octanol–water partition coefficient (Wildman–Crippen LogP) is 3.54. The van der Waals surface area contributed by atoms with Crippen molar-refractivity contribution in [2.45, 2.75) is 44.7 Å². The van der Waals surface area contributed by atoms with E-state index in [4.69, 9.17) is 9.26 Å². The zero-order valence-corrected chi connectivity index (χ0v) is 21.7. The normalized spacial score (nSPS) is 24.2. The van der Waals surface area contributed by atoms with Gasteiger partial charge in [-0.3, -0.25) is 9.69 Å². The molecule has 2 aliphatic rings. The SMILES string of the molecule is COCC1CN[C@H](C)CN1CC(=O)N1C[C@@](C)(c2cc(C)no2)c2ccc(Cc3ccccc3)cc21. The summed E-state index contributed by atoms with van der Waals surface area (Å²) in [5, 5.41) is 7.65. The van der Waals surface area contributed by atoms with Gasteiger partial charge in [-0.2, -0.15) is 0 Å². The average molecular weight is 489 g/mol. The van der Waals surface area contributed by atoms with Gasteiger partial charge in [0, 0.05) is 50.6 Å². The Morgan fingerprint density at radius 3 is 2.72 bits per heavy atom. The van der Waals surface area contributed by atoms with Crippen LogP contribution < -0.4 is 10.2 Å². The van der Waals surface area contributed by atoms with Gasteiger partial charge in [0.05, 0.1) is 24.3 Å². The number of hydrogen-bond donors (Lipinski definition) is 1. The summed E-state index contributed by atoms with van der Waals surface area (Å²) in [6, 6.07) is 19.4. The lowest BCUT2D eigenvalue weighted by Gasteiger charge is -2.39. The molecule has 3 heterocycles. The summed E-state index contributed by atoms with van der Waals surface area (Å²) >= 11 is 0. The Kier molecular flexibility index (Phi) is 6.97. The number of ether oxygens (including phenoxy) is 1. The van der Waals surface area contributed by atoms with Crippen molar-refractivity contribution in [3.63, 3.8) is 0 Å². The molecule has 7 heteroatoms. The van der Waals surface area contributed by atoms with Crippen molar-refractivity contribution in [2.24, 2.45) is 0 Å². The minimum absolute atomic E-state index is 0.100. The van der Waals surface area contributed by atoms with Crippen LogP contribution in [0.4, 0.5) is 5.69 Å². The zero-order valence-electron chi connectivity index (χ0n) is 21.7. The lowest BCUT2D eigenvalue weighted by atomic mass is 9.81. The van der Waals surface area contributed by atoms with Crippen molar-refractivity contribution in [1.82, 2.24) is 15.4 Å². The first kappa shape index (κ1) is 24.7. The monoisotopic (exact) mass is 488 g/mol. The maximum absolute atomic E-state index is 13.9. The van der Waals surface area contributed by atoms with Gasteiger partial charge in [-0.05, 0) is 49.9 Å². The van der Waals surface area contributed by atoms with Gasteiger partial charge in [0.2, 0.25) is 5.91 Å². The number of carbonyl (C=O) groups excluding carboxylic acids is 1. The second kappa shape index (κ2) is 10.2. The fourth-order valence-electron chi connectivity index (χ4n) is 5.59. The molecule has 1 aromatic heterocycles. The van der Waals surface area contributed by atoms with Crippen LogP contribution in [0.15, 0.2) is 59.1 Å². The summed E-state index contributed by atoms with van der Waals surface area (Å²) < 4.78 is 11.2. The summed E-state index contributed by atoms with van der Waals surface area (Å²) in [7, 11) is 1.72. The Morgan fingerprint density at radius 1 is 1.19 bits per heavy atom. The molecule has 0 radical (unpaired) electrons. The van der Waals surface area contributed by atoms with Crippen LogP contribution in [0.5, 0.6) is 0 Å². The number of aromatic nitrogens is 1. The Morgan fingerprint density at radius 2 is 2.00 bits per heavy atom. The number of anilines is 1. The number of carbonyl (C=O) groups is 1. The molecule has 0 spiro atoms. The van der Waals surface area contributed by atoms with Gasteiger partial charge in [0.1, 0.15) is 5.76 Å². The van der Waals surface area contributed by atoms with Crippen LogP contribution in [-0.2, 0) is 21.4 Å². The van der Waals surface area contributed by atoms with Gasteiger partial charge < -0.3 is 19.5 Å². The van der Waals surface area contributed by atoms with Crippen molar-refractivity contribution < 1.29 is 14.1 Å². The van der Waals surface area contributed by atoms with Gasteiger partial charge in [-0.15, -0.1) is 0 Å². The first-order chi connectivity index (χ1) is 17.4. The van der Waals surface area contributed by atoms with Gasteiger partial charge >= 0.3 is 0 Å². The third-order valence-corrected chi connectivity index (χ3v) is 7.57. The molecule has 0 bridgehead atoms. The van der Waals surface area contributed by atoms with E-state index in [2.05, 4.69) is 71.7 Å². The molecule has 1 N–H and O–H groups in total. The van der Waals surface area contributed by atoms with Crippen LogP contribution in [0.2, 0.25) is 0 Å². The van der Waals surface area contributed by atoms with Gasteiger partial charge in [-0.1, -0.05) is 47.6 Å².